The second-order valence-electron chi connectivity index (χ2n) is 3.48. The minimum Gasteiger partial charge on any atom is -0.480 e. The maximum Gasteiger partial charge on any atom is 0.328 e. The summed E-state index contributed by atoms with van der Waals surface area (Å²) >= 11 is 0. The number of carboxylic acids is 1. The molecule has 82 valence electrons. The van der Waals surface area contributed by atoms with Gasteiger partial charge in [-0.05, 0) is 19.1 Å². The predicted molar refractivity (Wildman–Crippen MR) is 58.3 cm³/mol. The van der Waals surface area contributed by atoms with Crippen molar-refractivity contribution in [2.24, 2.45) is 0 Å². The lowest BCUT2D eigenvalue weighted by Crippen LogP contribution is -2.21. The molecule has 2 aromatic rings. The molecule has 0 aliphatic carbocycles. The van der Waals surface area contributed by atoms with E-state index < -0.39 is 12.0 Å². The first-order valence-electron chi connectivity index (χ1n) is 4.80. The van der Waals surface area contributed by atoms with E-state index in [0.717, 1.165) is 6.20 Å². The van der Waals surface area contributed by atoms with Gasteiger partial charge in [-0.15, -0.1) is 0 Å². The Morgan fingerprint density at radius 1 is 1.44 bits per heavy atom. The van der Waals surface area contributed by atoms with Gasteiger partial charge in [-0.1, -0.05) is 12.1 Å². The summed E-state index contributed by atoms with van der Waals surface area (Å²) in [6.45, 7) is 1.52. The lowest BCUT2D eigenvalue weighted by molar-refractivity contribution is -0.140. The second-order valence-corrected chi connectivity index (χ2v) is 3.48. The van der Waals surface area contributed by atoms with Crippen LogP contribution in [0.4, 0.5) is 0 Å². The number of hydrogen-bond acceptors (Lipinski definition) is 3. The predicted octanol–water partition coefficient (Wildman–Crippen LogP) is 1.04. The van der Waals surface area contributed by atoms with Crippen molar-refractivity contribution < 1.29 is 9.90 Å². The van der Waals surface area contributed by atoms with E-state index in [4.69, 9.17) is 5.11 Å². The molecule has 5 nitrogen and oxygen atoms in total. The number of fused-ring (bicyclic) bond motifs is 1. The summed E-state index contributed by atoms with van der Waals surface area (Å²) in [5.74, 6) is -0.985. The molecule has 0 amide bonds. The van der Waals surface area contributed by atoms with Crippen LogP contribution in [0.15, 0.2) is 35.3 Å². The highest BCUT2D eigenvalue weighted by atomic mass is 16.4. The topological polar surface area (TPSA) is 72.2 Å². The molecule has 16 heavy (non-hydrogen) atoms. The SMILES string of the molecule is C[C@H](C(=O)O)n1ncc(=O)c2ccccc21. The summed E-state index contributed by atoms with van der Waals surface area (Å²) in [6, 6.07) is 6.02. The average molecular weight is 218 g/mol. The fourth-order valence-corrected chi connectivity index (χ4v) is 1.54. The summed E-state index contributed by atoms with van der Waals surface area (Å²) < 4.78 is 1.33. The first-order chi connectivity index (χ1) is 7.61. The number of aromatic nitrogens is 2. The number of rotatable bonds is 2. The molecule has 5 heteroatoms. The van der Waals surface area contributed by atoms with Crippen LogP contribution in [0.25, 0.3) is 10.9 Å². The molecule has 2 rings (SSSR count). The molecule has 0 saturated carbocycles. The van der Waals surface area contributed by atoms with Crippen molar-refractivity contribution in [2.75, 3.05) is 0 Å². The third-order valence-corrected chi connectivity index (χ3v) is 2.44. The van der Waals surface area contributed by atoms with Gasteiger partial charge in [0.15, 0.2) is 0 Å². The van der Waals surface area contributed by atoms with Crippen molar-refractivity contribution in [1.29, 1.82) is 0 Å². The highest BCUT2D eigenvalue weighted by Crippen LogP contribution is 2.13. The number of carboxylic acid groups (broad SMARTS) is 1. The van der Waals surface area contributed by atoms with Crippen molar-refractivity contribution in [3.05, 3.63) is 40.7 Å². The van der Waals surface area contributed by atoms with Crippen LogP contribution >= 0.6 is 0 Å². The van der Waals surface area contributed by atoms with Crippen molar-refractivity contribution in [1.82, 2.24) is 9.78 Å². The minimum absolute atomic E-state index is 0.204. The van der Waals surface area contributed by atoms with E-state index in [9.17, 15) is 9.59 Å². The Balaban J connectivity index is 2.77. The summed E-state index contributed by atoms with van der Waals surface area (Å²) in [5, 5.41) is 13.3. The highest BCUT2D eigenvalue weighted by molar-refractivity contribution is 5.80. The molecule has 0 bridgehead atoms. The Hall–Kier alpha value is -2.17. The summed E-state index contributed by atoms with van der Waals surface area (Å²) in [6.07, 6.45) is 1.14. The molecule has 0 fully saturated rings. The van der Waals surface area contributed by atoms with Crippen molar-refractivity contribution in [2.45, 2.75) is 13.0 Å². The van der Waals surface area contributed by atoms with Crippen LogP contribution in [0, 0.1) is 0 Å². The molecule has 0 unspecified atom stereocenters. The van der Waals surface area contributed by atoms with E-state index >= 15 is 0 Å². The van der Waals surface area contributed by atoms with Crippen molar-refractivity contribution in [3.8, 4) is 0 Å². The largest absolute Gasteiger partial charge is 0.480 e. The van der Waals surface area contributed by atoms with Gasteiger partial charge in [0.1, 0.15) is 6.04 Å². The maximum atomic E-state index is 11.5. The highest BCUT2D eigenvalue weighted by Gasteiger charge is 2.15. The van der Waals surface area contributed by atoms with E-state index in [0.29, 0.717) is 10.9 Å². The van der Waals surface area contributed by atoms with Crippen molar-refractivity contribution in [3.63, 3.8) is 0 Å². The van der Waals surface area contributed by atoms with Crippen LogP contribution in [-0.2, 0) is 4.79 Å². The third-order valence-electron chi connectivity index (χ3n) is 2.44. The monoisotopic (exact) mass is 218 g/mol. The van der Waals surface area contributed by atoms with Gasteiger partial charge in [0.05, 0.1) is 11.7 Å². The summed E-state index contributed by atoms with van der Waals surface area (Å²) in [7, 11) is 0. The summed E-state index contributed by atoms with van der Waals surface area (Å²) in [5.41, 5.74) is 0.328. The zero-order valence-electron chi connectivity index (χ0n) is 8.62. The van der Waals surface area contributed by atoms with Crippen LogP contribution in [0.5, 0.6) is 0 Å². The van der Waals surface area contributed by atoms with Gasteiger partial charge in [-0.2, -0.15) is 5.10 Å². The quantitative estimate of drug-likeness (QED) is 0.817. The first kappa shape index (κ1) is 10.4. The number of nitrogens with zero attached hydrogens (tertiary/aromatic N) is 2. The maximum absolute atomic E-state index is 11.5. The van der Waals surface area contributed by atoms with Crippen LogP contribution in [-0.4, -0.2) is 20.9 Å². The standard InChI is InChI=1S/C11H10N2O3/c1-7(11(15)16)13-9-5-3-2-4-8(9)10(14)6-12-13/h2-7H,1H3,(H,15,16)/t7-/m1/s1. The van der Waals surface area contributed by atoms with Gasteiger partial charge in [0, 0.05) is 5.39 Å². The Kier molecular flexibility index (Phi) is 2.44. The molecule has 0 spiro atoms. The normalized spacial score (nSPS) is 12.6. The molecule has 1 N–H and O–H groups in total. The lowest BCUT2D eigenvalue weighted by atomic mass is 10.2. The molecule has 0 aliphatic heterocycles. The zero-order valence-corrected chi connectivity index (χ0v) is 8.62. The van der Waals surface area contributed by atoms with Crippen LogP contribution in [0.2, 0.25) is 0 Å². The molecule has 0 radical (unpaired) electrons. The van der Waals surface area contributed by atoms with E-state index in [2.05, 4.69) is 5.10 Å². The fraction of sp³-hybridized carbons (Fsp3) is 0.182. The number of hydrogen-bond donors (Lipinski definition) is 1. The first-order valence-corrected chi connectivity index (χ1v) is 4.80. The zero-order chi connectivity index (χ0) is 11.7. The lowest BCUT2D eigenvalue weighted by Gasteiger charge is -2.12. The van der Waals surface area contributed by atoms with Gasteiger partial charge in [0.2, 0.25) is 5.43 Å². The molecular weight excluding hydrogens is 208 g/mol. The molecular formula is C11H10N2O3. The van der Waals surface area contributed by atoms with Crippen molar-refractivity contribution >= 4 is 16.9 Å². The fourth-order valence-electron chi connectivity index (χ4n) is 1.54. The van der Waals surface area contributed by atoms with Crippen LogP contribution in [0.1, 0.15) is 13.0 Å². The average Bonchev–Trinajstić information content (AvgIpc) is 2.29. The molecule has 1 heterocycles. The van der Waals surface area contributed by atoms with E-state index in [-0.39, 0.29) is 5.43 Å². The molecule has 0 saturated heterocycles. The van der Waals surface area contributed by atoms with Gasteiger partial charge in [-0.3, -0.25) is 9.48 Å². The molecule has 0 aliphatic rings. The Morgan fingerprint density at radius 3 is 2.81 bits per heavy atom. The Bertz CT molecular complexity index is 603. The summed E-state index contributed by atoms with van der Waals surface area (Å²) in [4.78, 5) is 22.4. The Morgan fingerprint density at radius 2 is 2.12 bits per heavy atom. The van der Waals surface area contributed by atoms with Gasteiger partial charge in [0.25, 0.3) is 0 Å². The third kappa shape index (κ3) is 1.56. The molecule has 1 atom stereocenters. The Labute approximate surface area is 90.9 Å². The number of benzene rings is 1. The van der Waals surface area contributed by atoms with Crippen LogP contribution in [0.3, 0.4) is 0 Å². The number of para-hydroxylation sites is 1. The number of carbonyl (C=O) groups is 1. The van der Waals surface area contributed by atoms with Gasteiger partial charge in [-0.25, -0.2) is 4.79 Å². The minimum atomic E-state index is -0.985. The van der Waals surface area contributed by atoms with Gasteiger partial charge < -0.3 is 5.11 Å². The van der Waals surface area contributed by atoms with E-state index in [1.54, 1.807) is 24.3 Å². The van der Waals surface area contributed by atoms with Gasteiger partial charge >= 0.3 is 5.97 Å². The van der Waals surface area contributed by atoms with E-state index in [1.807, 2.05) is 0 Å². The molecule has 1 aromatic carbocycles. The van der Waals surface area contributed by atoms with Crippen LogP contribution < -0.4 is 5.43 Å². The number of aliphatic carboxylic acids is 1. The van der Waals surface area contributed by atoms with E-state index in [1.165, 1.54) is 11.6 Å². The smallest absolute Gasteiger partial charge is 0.328 e. The second kappa shape index (κ2) is 3.77. The molecule has 1 aromatic heterocycles.